The SMILES string of the molecule is CC[P+](CC)(CC)CC.CC[P+](CC)(CC)CC.O=S(=O)([O-])OS(=O)(=O)[O-]. The van der Waals surface area contributed by atoms with Crippen molar-refractivity contribution in [3.05, 3.63) is 0 Å². The van der Waals surface area contributed by atoms with E-state index in [1.54, 1.807) is 0 Å². The summed E-state index contributed by atoms with van der Waals surface area (Å²) in [7, 11) is -11.7. The van der Waals surface area contributed by atoms with Crippen molar-refractivity contribution in [1.82, 2.24) is 0 Å². The molecule has 0 aromatic carbocycles. The van der Waals surface area contributed by atoms with Crippen LogP contribution in [0.4, 0.5) is 0 Å². The Bertz CT molecular complexity index is 470. The van der Waals surface area contributed by atoms with Gasteiger partial charge in [-0.05, 0) is 55.4 Å². The second-order valence-electron chi connectivity index (χ2n) is 6.10. The Hall–Kier alpha value is 0.640. The fourth-order valence-electron chi connectivity index (χ4n) is 2.79. The highest BCUT2D eigenvalue weighted by Gasteiger charge is 2.28. The van der Waals surface area contributed by atoms with Gasteiger partial charge in [-0.25, -0.2) is 16.8 Å². The van der Waals surface area contributed by atoms with E-state index >= 15 is 0 Å². The van der Waals surface area contributed by atoms with Crippen LogP contribution in [0.2, 0.25) is 0 Å². The molecule has 0 saturated heterocycles. The molecule has 0 aromatic heterocycles. The predicted octanol–water partition coefficient (Wildman–Crippen LogP) is 4.09. The average Bonchev–Trinajstić information content (AvgIpc) is 2.58. The first-order valence-electron chi connectivity index (χ1n) is 9.52. The number of hydrogen-bond acceptors (Lipinski definition) is 7. The molecule has 0 spiro atoms. The van der Waals surface area contributed by atoms with Gasteiger partial charge in [-0.15, -0.1) is 0 Å². The first kappa shape index (κ1) is 32.3. The van der Waals surface area contributed by atoms with Gasteiger partial charge in [0, 0.05) is 14.5 Å². The molecule has 0 rings (SSSR count). The van der Waals surface area contributed by atoms with Crippen molar-refractivity contribution in [2.45, 2.75) is 55.4 Å². The van der Waals surface area contributed by atoms with E-state index in [-0.39, 0.29) is 0 Å². The molecule has 0 aliphatic carbocycles. The number of rotatable bonds is 10. The first-order valence-corrected chi connectivity index (χ1v) is 17.2. The lowest BCUT2D eigenvalue weighted by Crippen LogP contribution is -2.11. The monoisotopic (exact) mass is 470 g/mol. The van der Waals surface area contributed by atoms with E-state index in [9.17, 15) is 25.9 Å². The van der Waals surface area contributed by atoms with Gasteiger partial charge < -0.3 is 9.11 Å². The standard InChI is InChI=1S/2C8H20P.H2O7S2/c2*1-5-9(6-2,7-3)8-4;1-8(2,3)7-9(4,5)6/h2*5-8H2,1-4H3;(H,1,2,3)(H,4,5,6)/q2*+1;/p-2. The molecule has 11 heteroatoms. The van der Waals surface area contributed by atoms with Crippen LogP contribution in [0, 0.1) is 0 Å². The van der Waals surface area contributed by atoms with Crippen LogP contribution in [0.15, 0.2) is 0 Å². The zero-order valence-electron chi connectivity index (χ0n) is 18.2. The Morgan fingerprint density at radius 3 is 0.667 bits per heavy atom. The molecule has 0 aliphatic heterocycles. The average molecular weight is 471 g/mol. The van der Waals surface area contributed by atoms with E-state index in [1.807, 2.05) is 0 Å². The molecule has 0 N–H and O–H groups in total. The normalized spacial score (nSPS) is 12.5. The van der Waals surface area contributed by atoms with Gasteiger partial charge in [0.25, 0.3) is 0 Å². The fraction of sp³-hybridized carbons (Fsp3) is 1.00. The van der Waals surface area contributed by atoms with E-state index < -0.39 is 35.3 Å². The molecule has 7 nitrogen and oxygen atoms in total. The third-order valence-corrected chi connectivity index (χ3v) is 17.6. The molecule has 0 bridgehead atoms. The van der Waals surface area contributed by atoms with Gasteiger partial charge in [-0.1, -0.05) is 0 Å². The van der Waals surface area contributed by atoms with Crippen LogP contribution in [-0.4, -0.2) is 75.2 Å². The Balaban J connectivity index is -0.000000320. The molecule has 0 fully saturated rings. The van der Waals surface area contributed by atoms with E-state index in [0.29, 0.717) is 0 Å². The van der Waals surface area contributed by atoms with Crippen LogP contribution >= 0.6 is 14.5 Å². The Kier molecular flexibility index (Phi) is 18.5. The third-order valence-electron chi connectivity index (χ3n) is 5.53. The number of hydrogen-bond donors (Lipinski definition) is 0. The van der Waals surface area contributed by atoms with Crippen LogP contribution in [0.25, 0.3) is 0 Å². The molecule has 27 heavy (non-hydrogen) atoms. The smallest absolute Gasteiger partial charge is 0.231 e. The molecule has 0 heterocycles. The van der Waals surface area contributed by atoms with Crippen molar-refractivity contribution in [1.29, 1.82) is 0 Å². The summed E-state index contributed by atoms with van der Waals surface area (Å²) >= 11 is 0. The lowest BCUT2D eigenvalue weighted by Gasteiger charge is -2.20. The van der Waals surface area contributed by atoms with Gasteiger partial charge in [0.15, 0.2) is 0 Å². The molecule has 0 aromatic rings. The van der Waals surface area contributed by atoms with Gasteiger partial charge in [-0.2, -0.15) is 3.63 Å². The van der Waals surface area contributed by atoms with Crippen molar-refractivity contribution in [3.63, 3.8) is 0 Å². The summed E-state index contributed by atoms with van der Waals surface area (Å²) in [6.07, 6.45) is 11.6. The van der Waals surface area contributed by atoms with Crippen molar-refractivity contribution >= 4 is 35.3 Å². The molecule has 0 saturated carbocycles. The summed E-state index contributed by atoms with van der Waals surface area (Å²) in [4.78, 5) is 0. The third kappa shape index (κ3) is 17.2. The predicted molar refractivity (Wildman–Crippen MR) is 119 cm³/mol. The summed E-state index contributed by atoms with van der Waals surface area (Å²) in [5.74, 6) is 0. The van der Waals surface area contributed by atoms with E-state index in [4.69, 9.17) is 0 Å². The minimum Gasteiger partial charge on any atom is -0.725 e. The zero-order chi connectivity index (χ0) is 22.4. The van der Waals surface area contributed by atoms with E-state index in [2.05, 4.69) is 59.0 Å². The van der Waals surface area contributed by atoms with Crippen LogP contribution in [-0.2, 0) is 24.4 Å². The quantitative estimate of drug-likeness (QED) is 0.267. The van der Waals surface area contributed by atoms with Crippen molar-refractivity contribution in [2.24, 2.45) is 0 Å². The highest BCUT2D eigenvalue weighted by atomic mass is 32.3. The fourth-order valence-corrected chi connectivity index (χ4v) is 8.97. The topological polar surface area (TPSA) is 124 Å². The van der Waals surface area contributed by atoms with Gasteiger partial charge >= 0.3 is 0 Å². The van der Waals surface area contributed by atoms with Crippen molar-refractivity contribution in [3.8, 4) is 0 Å². The van der Waals surface area contributed by atoms with Crippen LogP contribution in [0.1, 0.15) is 55.4 Å². The highest BCUT2D eigenvalue weighted by Crippen LogP contribution is 2.57. The summed E-state index contributed by atoms with van der Waals surface area (Å²) < 4.78 is 58.2. The molecular weight excluding hydrogens is 430 g/mol. The molecule has 0 radical (unpaired) electrons. The van der Waals surface area contributed by atoms with Crippen LogP contribution in [0.5, 0.6) is 0 Å². The van der Waals surface area contributed by atoms with Crippen molar-refractivity contribution in [2.75, 3.05) is 49.3 Å². The molecule has 0 unspecified atom stereocenters. The minimum absolute atomic E-state index is 0.420. The van der Waals surface area contributed by atoms with Crippen LogP contribution in [0.3, 0.4) is 0 Å². The van der Waals surface area contributed by atoms with Gasteiger partial charge in [0.1, 0.15) is 0 Å². The second-order valence-corrected chi connectivity index (χ2v) is 18.7. The molecule has 0 aliphatic rings. The molecule has 0 amide bonds. The zero-order valence-corrected chi connectivity index (χ0v) is 21.6. The van der Waals surface area contributed by atoms with E-state index in [0.717, 1.165) is 0 Å². The molecular formula is C16H40O7P2S2. The van der Waals surface area contributed by atoms with Crippen molar-refractivity contribution < 1.29 is 29.6 Å². The molecule has 168 valence electrons. The maximum atomic E-state index is 9.29. The second kappa shape index (κ2) is 15.5. The maximum absolute atomic E-state index is 9.29. The van der Waals surface area contributed by atoms with Gasteiger partial charge in [0.05, 0.1) is 49.3 Å². The lowest BCUT2D eigenvalue weighted by molar-refractivity contribution is 0.329. The highest BCUT2D eigenvalue weighted by molar-refractivity contribution is 7.94. The van der Waals surface area contributed by atoms with Crippen LogP contribution < -0.4 is 0 Å². The largest absolute Gasteiger partial charge is 0.725 e. The first-order chi connectivity index (χ1) is 12.2. The lowest BCUT2D eigenvalue weighted by atomic mass is 10.9. The Morgan fingerprint density at radius 2 is 0.667 bits per heavy atom. The maximum Gasteiger partial charge on any atom is 0.231 e. The van der Waals surface area contributed by atoms with Gasteiger partial charge in [0.2, 0.25) is 20.8 Å². The molecule has 0 atom stereocenters. The summed E-state index contributed by atoms with van der Waals surface area (Å²) in [6.45, 7) is 18.8. The Morgan fingerprint density at radius 1 is 0.519 bits per heavy atom. The Labute approximate surface area is 169 Å². The summed E-state index contributed by atoms with van der Waals surface area (Å²) in [5, 5.41) is 0. The van der Waals surface area contributed by atoms with Gasteiger partial charge in [-0.3, -0.25) is 0 Å². The summed E-state index contributed by atoms with van der Waals surface area (Å²) in [6, 6.07) is 0. The summed E-state index contributed by atoms with van der Waals surface area (Å²) in [5.41, 5.74) is 0. The minimum atomic E-state index is -5.43. The van der Waals surface area contributed by atoms with E-state index in [1.165, 1.54) is 49.3 Å².